The Bertz CT molecular complexity index is 2410. The van der Waals surface area contributed by atoms with Gasteiger partial charge in [-0.2, -0.15) is 0 Å². The van der Waals surface area contributed by atoms with Crippen LogP contribution in [0.15, 0.2) is 127 Å². The molecule has 0 rings (SSSR count). The molecule has 0 spiro atoms. The Morgan fingerprint density at radius 3 is 0.709 bits per heavy atom. The molecule has 628 valence electrons. The van der Waals surface area contributed by atoms with Gasteiger partial charge in [0.1, 0.15) is 65.1 Å². The molecule has 0 fully saturated rings. The summed E-state index contributed by atoms with van der Waals surface area (Å²) in [7, 11) is 0. The Morgan fingerprint density at radius 1 is 0.245 bits per heavy atom. The van der Waals surface area contributed by atoms with Crippen LogP contribution in [0.25, 0.3) is 0 Å². The zero-order valence-corrected chi connectivity index (χ0v) is 63.9. The standard InChI is InChI=1S/C22H34O9.C18H30O8.C16H26O6.C11H16O4.C10H14O5.CH4/c1-3-19(23)28-13-9-5-7-11-21(25)30-17-15-27-16-18-31-22(26)12-8-6-10-14-29-20(24)4-2;1-3-17(21)25-13-15(19)11-23-9-7-5-6-8-10-24-12-16(20)14-26-18(22)4-2;1-3-15(17)21-13-11-19-9-7-5-6-8-10-20-12-14-22-16(18)4-2;1-5-9(12)14-7-11(3,4)8-15-10(13)6-2;1-3-9(11)14-7-5-13-6-8-15-10(12)4-2;/h3-4H,1-2,5-18H2;3-4,15-16,19-20H,1-2,5-14H2;3-4H,1-2,5-14H2;5-6H,1-2,7-8H2,3-4H3;3-4H,1-2,5-8H2;1H4. The lowest BCUT2D eigenvalue weighted by atomic mass is 9.96. The van der Waals surface area contributed by atoms with Crippen molar-refractivity contribution in [2.75, 3.05) is 159 Å². The van der Waals surface area contributed by atoms with Crippen molar-refractivity contribution in [2.45, 2.75) is 136 Å². The van der Waals surface area contributed by atoms with E-state index in [1.165, 1.54) is 0 Å². The molecule has 2 unspecified atom stereocenters. The second kappa shape index (κ2) is 85.3. The van der Waals surface area contributed by atoms with Gasteiger partial charge in [0.2, 0.25) is 0 Å². The van der Waals surface area contributed by atoms with Gasteiger partial charge in [0.25, 0.3) is 0 Å². The summed E-state index contributed by atoms with van der Waals surface area (Å²) in [4.78, 5) is 131. The number of hydrogen-bond donors (Lipinski definition) is 2. The summed E-state index contributed by atoms with van der Waals surface area (Å²) in [6.07, 6.45) is 21.6. The van der Waals surface area contributed by atoms with Crippen molar-refractivity contribution in [3.63, 3.8) is 0 Å². The van der Waals surface area contributed by atoms with E-state index in [0.717, 1.165) is 125 Å². The van der Waals surface area contributed by atoms with Gasteiger partial charge in [-0.3, -0.25) is 9.59 Å². The van der Waals surface area contributed by atoms with Crippen molar-refractivity contribution in [1.29, 1.82) is 0 Å². The van der Waals surface area contributed by atoms with Crippen LogP contribution in [0.5, 0.6) is 0 Å². The number of aliphatic hydroxyl groups is 2. The molecule has 32 nitrogen and oxygen atoms in total. The molecule has 2 atom stereocenters. The van der Waals surface area contributed by atoms with Gasteiger partial charge in [-0.1, -0.05) is 113 Å². The van der Waals surface area contributed by atoms with Crippen LogP contribution in [0, 0.1) is 5.41 Å². The first kappa shape index (κ1) is 112. The molecule has 0 aliphatic heterocycles. The predicted octanol–water partition coefficient (Wildman–Crippen LogP) is 8.04. The average Bonchev–Trinajstić information content (AvgIpc) is 0.921. The third kappa shape index (κ3) is 92.9. The largest absolute Gasteiger partial charge is 0.463 e. The van der Waals surface area contributed by atoms with Crippen molar-refractivity contribution >= 4 is 71.6 Å². The smallest absolute Gasteiger partial charge is 0.330 e. The number of rotatable bonds is 66. The lowest BCUT2D eigenvalue weighted by Crippen LogP contribution is -2.27. The van der Waals surface area contributed by atoms with Gasteiger partial charge < -0.3 is 95.5 Å². The number of unbranched alkanes of at least 4 members (excludes halogenated alkanes) is 10. The highest BCUT2D eigenvalue weighted by atomic mass is 16.6. The molecule has 0 aromatic carbocycles. The molecule has 0 aliphatic rings. The van der Waals surface area contributed by atoms with E-state index in [1.807, 2.05) is 13.8 Å². The fourth-order valence-electron chi connectivity index (χ4n) is 6.81. The highest BCUT2D eigenvalue weighted by Crippen LogP contribution is 2.16. The van der Waals surface area contributed by atoms with Crippen LogP contribution in [-0.4, -0.2) is 253 Å². The van der Waals surface area contributed by atoms with Crippen molar-refractivity contribution in [1.82, 2.24) is 0 Å². The second-order valence-corrected chi connectivity index (χ2v) is 22.5. The van der Waals surface area contributed by atoms with Crippen LogP contribution in [-0.2, 0) is 143 Å². The third-order valence-corrected chi connectivity index (χ3v) is 12.4. The number of hydrogen-bond acceptors (Lipinski definition) is 32. The second-order valence-electron chi connectivity index (χ2n) is 22.5. The topological polar surface area (TPSA) is 411 Å². The van der Waals surface area contributed by atoms with Crippen LogP contribution < -0.4 is 0 Å². The van der Waals surface area contributed by atoms with Crippen LogP contribution in [0.1, 0.15) is 124 Å². The van der Waals surface area contributed by atoms with E-state index in [4.69, 9.17) is 66.3 Å². The summed E-state index contributed by atoms with van der Waals surface area (Å²) in [6, 6.07) is 0. The van der Waals surface area contributed by atoms with Crippen molar-refractivity contribution < 1.29 is 153 Å². The van der Waals surface area contributed by atoms with Gasteiger partial charge in [-0.05, 0) is 64.2 Å². The minimum Gasteiger partial charge on any atom is -0.463 e. The van der Waals surface area contributed by atoms with Gasteiger partial charge in [0.15, 0.2) is 0 Å². The molecule has 0 heterocycles. The minimum atomic E-state index is -0.843. The Labute approximate surface area is 649 Å². The first-order chi connectivity index (χ1) is 52.3. The Morgan fingerprint density at radius 2 is 0.445 bits per heavy atom. The molecule has 0 bridgehead atoms. The molecule has 110 heavy (non-hydrogen) atoms. The molecule has 32 heteroatoms. The van der Waals surface area contributed by atoms with Gasteiger partial charge in [0, 0.05) is 105 Å². The normalized spacial score (nSPS) is 10.5. The SMILES string of the molecule is C.C=CC(=O)OCC(C)(C)COC(=O)C=C.C=CC(=O)OCC(O)COCCCCCCOCC(O)COC(=O)C=C.C=CC(=O)OCCCCCC(=O)OCCOCCOC(=O)CCCCCOC(=O)C=C.C=CC(=O)OCCOCCCCCCOCCOC(=O)C=C.C=CC(=O)OCCOCCOC(=O)C=C. The lowest BCUT2D eigenvalue weighted by Gasteiger charge is -2.22. The summed E-state index contributed by atoms with van der Waals surface area (Å²) < 4.78 is 89.1. The summed E-state index contributed by atoms with van der Waals surface area (Å²) in [5, 5.41) is 19.0. The Hall–Kier alpha value is -9.28. The van der Waals surface area contributed by atoms with Gasteiger partial charge in [0.05, 0.1) is 79.3 Å². The van der Waals surface area contributed by atoms with Gasteiger partial charge in [-0.25, -0.2) is 47.9 Å². The van der Waals surface area contributed by atoms with Gasteiger partial charge >= 0.3 is 71.6 Å². The summed E-state index contributed by atoms with van der Waals surface area (Å²) in [5.74, 6) is -5.47. The molecular formula is C78H124O32. The molecule has 0 aromatic heterocycles. The van der Waals surface area contributed by atoms with E-state index in [-0.39, 0.29) is 125 Å². The molecule has 0 saturated carbocycles. The predicted molar refractivity (Wildman–Crippen MR) is 405 cm³/mol. The number of ether oxygens (including phenoxy) is 18. The lowest BCUT2D eigenvalue weighted by molar-refractivity contribution is -0.148. The molecule has 0 aromatic rings. The fraction of sp³-hybridized carbons (Fsp3) is 0.590. The molecule has 0 aliphatic carbocycles. The zero-order valence-electron chi connectivity index (χ0n) is 63.9. The van der Waals surface area contributed by atoms with E-state index in [9.17, 15) is 67.7 Å². The third-order valence-electron chi connectivity index (χ3n) is 12.4. The molecular weight excluding hydrogens is 1450 g/mol. The highest BCUT2D eigenvalue weighted by Gasteiger charge is 2.22. The van der Waals surface area contributed by atoms with E-state index in [0.29, 0.717) is 91.4 Å². The first-order valence-corrected chi connectivity index (χ1v) is 35.4. The van der Waals surface area contributed by atoms with E-state index < -0.39 is 77.3 Å². The summed E-state index contributed by atoms with van der Waals surface area (Å²) in [5.41, 5.74) is -0.419. The van der Waals surface area contributed by atoms with Crippen molar-refractivity contribution in [3.8, 4) is 0 Å². The molecule has 0 saturated heterocycles. The summed E-state index contributed by atoms with van der Waals surface area (Å²) >= 11 is 0. The zero-order chi connectivity index (χ0) is 82.7. The van der Waals surface area contributed by atoms with Crippen LogP contribution >= 0.6 is 0 Å². The fourth-order valence-corrected chi connectivity index (χ4v) is 6.81. The monoisotopic (exact) mass is 1570 g/mol. The molecule has 0 radical (unpaired) electrons. The summed E-state index contributed by atoms with van der Waals surface area (Å²) in [6.45, 7) is 42.6. The molecule has 2 N–H and O–H groups in total. The quantitative estimate of drug-likeness (QED) is 0.0252. The minimum absolute atomic E-state index is 0. The maximum Gasteiger partial charge on any atom is 0.330 e. The average molecular weight is 1570 g/mol. The first-order valence-electron chi connectivity index (χ1n) is 35.4. The van der Waals surface area contributed by atoms with Crippen LogP contribution in [0.2, 0.25) is 0 Å². The van der Waals surface area contributed by atoms with Crippen molar-refractivity contribution in [2.24, 2.45) is 5.41 Å². The Balaban J connectivity index is -0.000000315. The van der Waals surface area contributed by atoms with E-state index in [2.05, 4.69) is 84.7 Å². The maximum absolute atomic E-state index is 11.5. The van der Waals surface area contributed by atoms with Crippen molar-refractivity contribution in [3.05, 3.63) is 127 Å². The molecule has 0 amide bonds. The Kier molecular flexibility index (Phi) is 86.6. The number of aliphatic hydroxyl groups excluding tert-OH is 2. The highest BCUT2D eigenvalue weighted by molar-refractivity contribution is 5.84. The van der Waals surface area contributed by atoms with E-state index >= 15 is 0 Å². The van der Waals surface area contributed by atoms with Gasteiger partial charge in [-0.15, -0.1) is 0 Å². The van der Waals surface area contributed by atoms with Crippen LogP contribution in [0.3, 0.4) is 0 Å². The number of carbonyl (C=O) groups is 12. The maximum atomic E-state index is 11.5. The number of esters is 12. The number of carbonyl (C=O) groups excluding carboxylic acids is 12. The van der Waals surface area contributed by atoms with E-state index in [1.54, 1.807) is 0 Å². The van der Waals surface area contributed by atoms with Crippen LogP contribution in [0.4, 0.5) is 0 Å².